The van der Waals surface area contributed by atoms with E-state index in [-0.39, 0.29) is 5.69 Å². The van der Waals surface area contributed by atoms with Crippen LogP contribution in [-0.4, -0.2) is 40.5 Å². The van der Waals surface area contributed by atoms with Crippen LogP contribution in [0.15, 0.2) is 12.1 Å². The van der Waals surface area contributed by atoms with Crippen LogP contribution in [0.5, 0.6) is 0 Å². The summed E-state index contributed by atoms with van der Waals surface area (Å²) in [5.41, 5.74) is 5.98. The number of halogens is 2. The molecule has 1 aromatic rings. The molecule has 0 heterocycles. The first-order valence-electron chi connectivity index (χ1n) is 6.07. The van der Waals surface area contributed by atoms with Gasteiger partial charge in [0.2, 0.25) is 0 Å². The van der Waals surface area contributed by atoms with E-state index in [0.717, 1.165) is 12.5 Å². The highest BCUT2D eigenvalue weighted by molar-refractivity contribution is 5.68. The van der Waals surface area contributed by atoms with Crippen molar-refractivity contribution >= 4 is 11.4 Å². The molecule has 0 spiro atoms. The third kappa shape index (κ3) is 4.65. The SMILES string of the molecule is COCCCN(CCOC)c1cc(F)cc(F)c1N. The van der Waals surface area contributed by atoms with Crippen molar-refractivity contribution in [1.82, 2.24) is 0 Å². The molecular weight excluding hydrogens is 254 g/mol. The second-order valence-electron chi connectivity index (χ2n) is 4.15. The molecule has 0 aliphatic heterocycles. The minimum Gasteiger partial charge on any atom is -0.395 e. The molecule has 0 aromatic heterocycles. The van der Waals surface area contributed by atoms with Crippen molar-refractivity contribution in [3.63, 3.8) is 0 Å². The first-order valence-corrected chi connectivity index (χ1v) is 6.07. The smallest absolute Gasteiger partial charge is 0.151 e. The van der Waals surface area contributed by atoms with Gasteiger partial charge in [0.05, 0.1) is 18.0 Å². The molecule has 1 rings (SSSR count). The van der Waals surface area contributed by atoms with Crippen molar-refractivity contribution in [3.8, 4) is 0 Å². The molecule has 0 radical (unpaired) electrons. The van der Waals surface area contributed by atoms with Gasteiger partial charge in [-0.3, -0.25) is 0 Å². The van der Waals surface area contributed by atoms with Crippen molar-refractivity contribution in [2.45, 2.75) is 6.42 Å². The van der Waals surface area contributed by atoms with Gasteiger partial charge in [-0.25, -0.2) is 8.78 Å². The number of hydrogen-bond donors (Lipinski definition) is 1. The molecule has 0 fully saturated rings. The van der Waals surface area contributed by atoms with Gasteiger partial charge in [-0.1, -0.05) is 0 Å². The van der Waals surface area contributed by atoms with Crippen LogP contribution in [0.2, 0.25) is 0 Å². The largest absolute Gasteiger partial charge is 0.395 e. The van der Waals surface area contributed by atoms with Gasteiger partial charge in [0.15, 0.2) is 5.82 Å². The summed E-state index contributed by atoms with van der Waals surface area (Å²) >= 11 is 0. The number of nitrogens with two attached hydrogens (primary N) is 1. The Morgan fingerprint density at radius 1 is 1.11 bits per heavy atom. The van der Waals surface area contributed by atoms with Crippen LogP contribution in [0.1, 0.15) is 6.42 Å². The Kier molecular flexibility index (Phi) is 6.52. The molecule has 0 aliphatic carbocycles. The van der Waals surface area contributed by atoms with Crippen molar-refractivity contribution in [2.75, 3.05) is 51.2 Å². The molecule has 0 aliphatic rings. The van der Waals surface area contributed by atoms with Crippen molar-refractivity contribution in [1.29, 1.82) is 0 Å². The van der Waals surface area contributed by atoms with Gasteiger partial charge in [0, 0.05) is 40.0 Å². The number of benzene rings is 1. The summed E-state index contributed by atoms with van der Waals surface area (Å²) in [6, 6.07) is 2.02. The molecule has 0 amide bonds. The quantitative estimate of drug-likeness (QED) is 0.582. The third-order valence-corrected chi connectivity index (χ3v) is 2.75. The Hall–Kier alpha value is -1.40. The number of anilines is 2. The third-order valence-electron chi connectivity index (χ3n) is 2.75. The maximum atomic E-state index is 13.5. The summed E-state index contributed by atoms with van der Waals surface area (Å²) in [6.45, 7) is 2.11. The van der Waals surface area contributed by atoms with Gasteiger partial charge in [-0.15, -0.1) is 0 Å². The lowest BCUT2D eigenvalue weighted by Crippen LogP contribution is -2.30. The maximum absolute atomic E-state index is 13.5. The molecule has 1 aromatic carbocycles. The monoisotopic (exact) mass is 274 g/mol. The first-order chi connectivity index (χ1) is 9.10. The molecule has 2 N–H and O–H groups in total. The molecule has 0 atom stereocenters. The molecule has 19 heavy (non-hydrogen) atoms. The van der Waals surface area contributed by atoms with Gasteiger partial charge in [0.1, 0.15) is 5.82 Å². The van der Waals surface area contributed by atoms with E-state index in [0.29, 0.717) is 32.0 Å². The Labute approximate surface area is 112 Å². The standard InChI is InChI=1S/C13H20F2N2O2/c1-18-6-3-4-17(5-7-19-2)12-9-10(14)8-11(15)13(12)16/h8-9H,3-7,16H2,1-2H3. The maximum Gasteiger partial charge on any atom is 0.151 e. The molecule has 0 saturated carbocycles. The van der Waals surface area contributed by atoms with Crippen LogP contribution in [-0.2, 0) is 9.47 Å². The van der Waals surface area contributed by atoms with Crippen LogP contribution in [0.4, 0.5) is 20.2 Å². The summed E-state index contributed by atoms with van der Waals surface area (Å²) in [5, 5.41) is 0. The number of ether oxygens (including phenoxy) is 2. The summed E-state index contributed by atoms with van der Waals surface area (Å²) in [5.74, 6) is -1.39. The zero-order chi connectivity index (χ0) is 14.3. The zero-order valence-corrected chi connectivity index (χ0v) is 11.3. The fourth-order valence-electron chi connectivity index (χ4n) is 1.79. The second kappa shape index (κ2) is 7.91. The van der Waals surface area contributed by atoms with E-state index in [2.05, 4.69) is 0 Å². The van der Waals surface area contributed by atoms with E-state index in [1.165, 1.54) is 6.07 Å². The number of methoxy groups -OCH3 is 2. The Morgan fingerprint density at radius 3 is 2.42 bits per heavy atom. The predicted octanol–water partition coefficient (Wildman–Crippen LogP) is 2.04. The van der Waals surface area contributed by atoms with Crippen molar-refractivity contribution < 1.29 is 18.3 Å². The average Bonchev–Trinajstić information content (AvgIpc) is 2.38. The molecule has 108 valence electrons. The second-order valence-corrected chi connectivity index (χ2v) is 4.15. The fraction of sp³-hybridized carbons (Fsp3) is 0.538. The van der Waals surface area contributed by atoms with Crippen molar-refractivity contribution in [3.05, 3.63) is 23.8 Å². The van der Waals surface area contributed by atoms with E-state index in [1.807, 2.05) is 0 Å². The summed E-state index contributed by atoms with van der Waals surface area (Å²) in [7, 11) is 3.18. The minimum atomic E-state index is -0.746. The van der Waals surface area contributed by atoms with Gasteiger partial charge >= 0.3 is 0 Å². The number of nitrogens with zero attached hydrogens (tertiary/aromatic N) is 1. The lowest BCUT2D eigenvalue weighted by molar-refractivity contribution is 0.191. The highest BCUT2D eigenvalue weighted by Gasteiger charge is 2.14. The van der Waals surface area contributed by atoms with E-state index in [4.69, 9.17) is 15.2 Å². The van der Waals surface area contributed by atoms with Crippen LogP contribution < -0.4 is 10.6 Å². The van der Waals surface area contributed by atoms with Crippen LogP contribution >= 0.6 is 0 Å². The van der Waals surface area contributed by atoms with Gasteiger partial charge in [0.25, 0.3) is 0 Å². The number of hydrogen-bond acceptors (Lipinski definition) is 4. The Balaban J connectivity index is 2.88. The van der Waals surface area contributed by atoms with Crippen LogP contribution in [0, 0.1) is 11.6 Å². The normalized spacial score (nSPS) is 10.7. The lowest BCUT2D eigenvalue weighted by atomic mass is 10.2. The van der Waals surface area contributed by atoms with Gasteiger partial charge < -0.3 is 20.1 Å². The van der Waals surface area contributed by atoms with Crippen molar-refractivity contribution in [2.24, 2.45) is 0 Å². The topological polar surface area (TPSA) is 47.7 Å². The van der Waals surface area contributed by atoms with Crippen LogP contribution in [0.25, 0.3) is 0 Å². The van der Waals surface area contributed by atoms with Gasteiger partial charge in [-0.2, -0.15) is 0 Å². The lowest BCUT2D eigenvalue weighted by Gasteiger charge is -2.26. The fourth-order valence-corrected chi connectivity index (χ4v) is 1.79. The number of nitrogen functional groups attached to an aromatic ring is 1. The van der Waals surface area contributed by atoms with E-state index >= 15 is 0 Å². The van der Waals surface area contributed by atoms with E-state index in [9.17, 15) is 8.78 Å². The molecule has 6 heteroatoms. The van der Waals surface area contributed by atoms with Crippen LogP contribution in [0.3, 0.4) is 0 Å². The molecule has 0 saturated heterocycles. The summed E-state index contributed by atoms with van der Waals surface area (Å²) < 4.78 is 36.7. The highest BCUT2D eigenvalue weighted by atomic mass is 19.1. The molecular formula is C13H20F2N2O2. The predicted molar refractivity (Wildman–Crippen MR) is 71.4 cm³/mol. The van der Waals surface area contributed by atoms with E-state index < -0.39 is 11.6 Å². The Morgan fingerprint density at radius 2 is 1.79 bits per heavy atom. The average molecular weight is 274 g/mol. The summed E-state index contributed by atoms with van der Waals surface area (Å²) in [4.78, 5) is 1.80. The zero-order valence-electron chi connectivity index (χ0n) is 11.3. The summed E-state index contributed by atoms with van der Waals surface area (Å²) in [6.07, 6.45) is 0.734. The minimum absolute atomic E-state index is 0.0464. The highest BCUT2D eigenvalue weighted by Crippen LogP contribution is 2.27. The van der Waals surface area contributed by atoms with E-state index in [1.54, 1.807) is 19.1 Å². The van der Waals surface area contributed by atoms with Gasteiger partial charge in [-0.05, 0) is 12.5 Å². The first kappa shape index (κ1) is 15.7. The molecule has 0 bridgehead atoms. The Bertz CT molecular complexity index is 402. The number of rotatable bonds is 8. The molecule has 4 nitrogen and oxygen atoms in total. The molecule has 0 unspecified atom stereocenters.